The van der Waals surface area contributed by atoms with Crippen molar-refractivity contribution in [3.8, 4) is 0 Å². The molecule has 1 aromatic carbocycles. The fourth-order valence-electron chi connectivity index (χ4n) is 2.26. The van der Waals surface area contributed by atoms with E-state index in [9.17, 15) is 9.59 Å². The number of halogens is 1. The van der Waals surface area contributed by atoms with Crippen molar-refractivity contribution < 1.29 is 9.90 Å². The predicted octanol–water partition coefficient (Wildman–Crippen LogP) is 2.95. The van der Waals surface area contributed by atoms with Crippen LogP contribution in [0.5, 0.6) is 0 Å². The summed E-state index contributed by atoms with van der Waals surface area (Å²) in [6.07, 6.45) is 1.07. The van der Waals surface area contributed by atoms with Gasteiger partial charge in [-0.15, -0.1) is 6.58 Å². The lowest BCUT2D eigenvalue weighted by Gasteiger charge is -2.18. The molecule has 0 aliphatic rings. The third-order valence-electron chi connectivity index (χ3n) is 3.25. The van der Waals surface area contributed by atoms with Crippen LogP contribution in [0.25, 0.3) is 10.9 Å². The molecule has 1 atom stereocenters. The van der Waals surface area contributed by atoms with Crippen LogP contribution in [0.3, 0.4) is 0 Å². The standard InChI is InChI=1S/C15H16ClN3O3/c1-3-4-8-19-13(9(2)17-15(21)22)18-11-7-5-6-10(16)12(11)14(19)20/h3,5-7,9,17H,1,4,8H2,2H3,(H,21,22). The summed E-state index contributed by atoms with van der Waals surface area (Å²) >= 11 is 6.10. The Morgan fingerprint density at radius 3 is 2.95 bits per heavy atom. The van der Waals surface area contributed by atoms with Crippen LogP contribution in [-0.2, 0) is 6.54 Å². The van der Waals surface area contributed by atoms with E-state index in [1.165, 1.54) is 4.57 Å². The number of aromatic nitrogens is 2. The lowest BCUT2D eigenvalue weighted by molar-refractivity contribution is 0.190. The Hall–Kier alpha value is -2.34. The van der Waals surface area contributed by atoms with E-state index in [2.05, 4.69) is 16.9 Å². The zero-order valence-electron chi connectivity index (χ0n) is 12.0. The Morgan fingerprint density at radius 1 is 1.59 bits per heavy atom. The lowest BCUT2D eigenvalue weighted by atomic mass is 10.2. The fraction of sp³-hybridized carbons (Fsp3) is 0.267. The number of benzene rings is 1. The molecule has 6 nitrogen and oxygen atoms in total. The highest BCUT2D eigenvalue weighted by Crippen LogP contribution is 2.20. The molecule has 2 N–H and O–H groups in total. The van der Waals surface area contributed by atoms with E-state index in [1.54, 1.807) is 31.2 Å². The van der Waals surface area contributed by atoms with Gasteiger partial charge in [0.2, 0.25) is 0 Å². The monoisotopic (exact) mass is 321 g/mol. The average molecular weight is 322 g/mol. The number of nitrogens with zero attached hydrogens (tertiary/aromatic N) is 2. The van der Waals surface area contributed by atoms with Crippen molar-refractivity contribution in [2.24, 2.45) is 0 Å². The first-order chi connectivity index (χ1) is 10.5. The summed E-state index contributed by atoms with van der Waals surface area (Å²) in [6, 6.07) is 4.38. The molecule has 0 saturated carbocycles. The van der Waals surface area contributed by atoms with Gasteiger partial charge in [0.05, 0.1) is 22.0 Å². The molecule has 2 rings (SSSR count). The molecule has 22 heavy (non-hydrogen) atoms. The summed E-state index contributed by atoms with van der Waals surface area (Å²) < 4.78 is 1.44. The predicted molar refractivity (Wildman–Crippen MR) is 85.4 cm³/mol. The van der Waals surface area contributed by atoms with Gasteiger partial charge < -0.3 is 10.4 Å². The smallest absolute Gasteiger partial charge is 0.405 e. The maximum Gasteiger partial charge on any atom is 0.405 e. The Labute approximate surface area is 132 Å². The SMILES string of the molecule is C=CCCn1c(C(C)NC(=O)O)nc2cccc(Cl)c2c1=O. The molecule has 0 aliphatic heterocycles. The highest BCUT2D eigenvalue weighted by Gasteiger charge is 2.18. The Balaban J connectivity index is 2.69. The van der Waals surface area contributed by atoms with Crippen LogP contribution in [0.15, 0.2) is 35.6 Å². The zero-order valence-corrected chi connectivity index (χ0v) is 12.8. The van der Waals surface area contributed by atoms with Gasteiger partial charge >= 0.3 is 6.09 Å². The maximum absolute atomic E-state index is 12.7. The summed E-state index contributed by atoms with van der Waals surface area (Å²) in [6.45, 7) is 5.63. The number of amides is 1. The van der Waals surface area contributed by atoms with Crippen molar-refractivity contribution >= 4 is 28.6 Å². The van der Waals surface area contributed by atoms with Crippen molar-refractivity contribution in [2.45, 2.75) is 25.9 Å². The van der Waals surface area contributed by atoms with Gasteiger partial charge in [0, 0.05) is 6.54 Å². The third-order valence-corrected chi connectivity index (χ3v) is 3.56. The van der Waals surface area contributed by atoms with Crippen molar-refractivity contribution in [2.75, 3.05) is 0 Å². The minimum atomic E-state index is -1.18. The first kappa shape index (κ1) is 16.0. The molecule has 0 radical (unpaired) electrons. The molecule has 2 aromatic rings. The summed E-state index contributed by atoms with van der Waals surface area (Å²) in [7, 11) is 0. The van der Waals surface area contributed by atoms with E-state index in [0.29, 0.717) is 34.7 Å². The van der Waals surface area contributed by atoms with Crippen LogP contribution in [-0.4, -0.2) is 20.8 Å². The number of fused-ring (bicyclic) bond motifs is 1. The van der Waals surface area contributed by atoms with E-state index in [1.807, 2.05) is 0 Å². The Bertz CT molecular complexity index is 785. The molecule has 1 heterocycles. The van der Waals surface area contributed by atoms with Gasteiger partial charge in [-0.1, -0.05) is 23.7 Å². The van der Waals surface area contributed by atoms with Crippen molar-refractivity contribution in [1.29, 1.82) is 0 Å². The van der Waals surface area contributed by atoms with Crippen LogP contribution in [0.4, 0.5) is 4.79 Å². The molecule has 0 saturated heterocycles. The number of hydrogen-bond acceptors (Lipinski definition) is 3. The molecular weight excluding hydrogens is 306 g/mol. The second kappa shape index (κ2) is 6.62. The number of hydrogen-bond donors (Lipinski definition) is 2. The Morgan fingerprint density at radius 2 is 2.32 bits per heavy atom. The molecular formula is C15H16ClN3O3. The number of carboxylic acid groups (broad SMARTS) is 1. The average Bonchev–Trinajstić information content (AvgIpc) is 2.45. The van der Waals surface area contributed by atoms with Gasteiger partial charge in [-0.3, -0.25) is 9.36 Å². The minimum absolute atomic E-state index is 0.286. The van der Waals surface area contributed by atoms with Crippen molar-refractivity contribution in [3.05, 3.63) is 52.1 Å². The van der Waals surface area contributed by atoms with Crippen LogP contribution in [0.2, 0.25) is 5.02 Å². The second-order valence-corrected chi connectivity index (χ2v) is 5.22. The molecule has 0 bridgehead atoms. The van der Waals surface area contributed by atoms with Crippen molar-refractivity contribution in [1.82, 2.24) is 14.9 Å². The number of allylic oxidation sites excluding steroid dienone is 1. The van der Waals surface area contributed by atoms with Gasteiger partial charge in [-0.05, 0) is 25.5 Å². The second-order valence-electron chi connectivity index (χ2n) is 4.81. The van der Waals surface area contributed by atoms with Crippen molar-refractivity contribution in [3.63, 3.8) is 0 Å². The molecule has 1 unspecified atom stereocenters. The minimum Gasteiger partial charge on any atom is -0.465 e. The molecule has 0 spiro atoms. The molecule has 7 heteroatoms. The highest BCUT2D eigenvalue weighted by atomic mass is 35.5. The summed E-state index contributed by atoms with van der Waals surface area (Å²) in [5, 5.41) is 11.9. The van der Waals surface area contributed by atoms with E-state index in [0.717, 1.165) is 0 Å². The van der Waals surface area contributed by atoms with Crippen LogP contribution in [0.1, 0.15) is 25.2 Å². The maximum atomic E-state index is 12.7. The topological polar surface area (TPSA) is 84.2 Å². The largest absolute Gasteiger partial charge is 0.465 e. The van der Waals surface area contributed by atoms with Gasteiger partial charge in [-0.2, -0.15) is 0 Å². The van der Waals surface area contributed by atoms with Crippen LogP contribution >= 0.6 is 11.6 Å². The van der Waals surface area contributed by atoms with Gasteiger partial charge in [0.15, 0.2) is 0 Å². The van der Waals surface area contributed by atoms with E-state index in [4.69, 9.17) is 16.7 Å². The first-order valence-electron chi connectivity index (χ1n) is 6.75. The van der Waals surface area contributed by atoms with E-state index < -0.39 is 12.1 Å². The quantitative estimate of drug-likeness (QED) is 0.829. The zero-order chi connectivity index (χ0) is 16.3. The van der Waals surface area contributed by atoms with Gasteiger partial charge in [0.25, 0.3) is 5.56 Å². The number of nitrogens with one attached hydrogen (secondary N) is 1. The number of rotatable bonds is 5. The first-order valence-corrected chi connectivity index (χ1v) is 7.12. The normalized spacial score (nSPS) is 12.1. The number of carbonyl (C=O) groups is 1. The van der Waals surface area contributed by atoms with Crippen LogP contribution in [0, 0.1) is 0 Å². The molecule has 1 aromatic heterocycles. The lowest BCUT2D eigenvalue weighted by Crippen LogP contribution is -2.33. The van der Waals surface area contributed by atoms with Gasteiger partial charge in [0.1, 0.15) is 5.82 Å². The highest BCUT2D eigenvalue weighted by molar-refractivity contribution is 6.35. The fourth-order valence-corrected chi connectivity index (χ4v) is 2.51. The molecule has 0 aliphatic carbocycles. The summed E-state index contributed by atoms with van der Waals surface area (Å²) in [5.41, 5.74) is 0.160. The third kappa shape index (κ3) is 3.12. The van der Waals surface area contributed by atoms with E-state index >= 15 is 0 Å². The van der Waals surface area contributed by atoms with E-state index in [-0.39, 0.29) is 5.56 Å². The van der Waals surface area contributed by atoms with Crippen LogP contribution < -0.4 is 10.9 Å². The Kier molecular flexibility index (Phi) is 4.82. The molecule has 116 valence electrons. The summed E-state index contributed by atoms with van der Waals surface area (Å²) in [4.78, 5) is 28.0. The van der Waals surface area contributed by atoms with Gasteiger partial charge in [-0.25, -0.2) is 9.78 Å². The summed E-state index contributed by atoms with van der Waals surface area (Å²) in [5.74, 6) is 0.351. The molecule has 1 amide bonds. The molecule has 0 fully saturated rings.